The van der Waals surface area contributed by atoms with Gasteiger partial charge in [-0.2, -0.15) is 0 Å². The molecule has 1 aliphatic rings. The summed E-state index contributed by atoms with van der Waals surface area (Å²) in [5.41, 5.74) is 0.974. The van der Waals surface area contributed by atoms with Gasteiger partial charge in [0.25, 0.3) is 0 Å². The Bertz CT molecular complexity index is 586. The molecule has 0 radical (unpaired) electrons. The maximum absolute atomic E-state index is 12.1. The van der Waals surface area contributed by atoms with Crippen molar-refractivity contribution in [3.63, 3.8) is 0 Å². The SMILES string of the molecule is Cc1cc(Cl)ccc1OCCCC(=O)N(C)CC(=O)N1CCCC1. The Morgan fingerprint density at radius 2 is 2.00 bits per heavy atom. The third-order valence-corrected chi connectivity index (χ3v) is 4.42. The molecule has 132 valence electrons. The first-order valence-corrected chi connectivity index (χ1v) is 8.76. The van der Waals surface area contributed by atoms with Crippen LogP contribution in [0.25, 0.3) is 0 Å². The number of carbonyl (C=O) groups excluding carboxylic acids is 2. The van der Waals surface area contributed by atoms with Crippen molar-refractivity contribution < 1.29 is 14.3 Å². The lowest BCUT2D eigenvalue weighted by Gasteiger charge is -2.21. The molecule has 1 fully saturated rings. The largest absolute Gasteiger partial charge is 0.493 e. The van der Waals surface area contributed by atoms with Crippen molar-refractivity contribution in [2.75, 3.05) is 33.3 Å². The standard InChI is InChI=1S/C18H25ClN2O3/c1-14-12-15(19)7-8-16(14)24-11-5-6-17(22)20(2)13-18(23)21-9-3-4-10-21/h7-8,12H,3-6,9-11,13H2,1-2H3. The van der Waals surface area contributed by atoms with Crippen LogP contribution in [0.2, 0.25) is 5.02 Å². The van der Waals surface area contributed by atoms with Gasteiger partial charge in [-0.05, 0) is 49.9 Å². The zero-order chi connectivity index (χ0) is 17.5. The summed E-state index contributed by atoms with van der Waals surface area (Å²) in [6.45, 7) is 4.19. The smallest absolute Gasteiger partial charge is 0.242 e. The molecule has 2 rings (SSSR count). The molecular formula is C18H25ClN2O3. The Morgan fingerprint density at radius 3 is 2.67 bits per heavy atom. The molecular weight excluding hydrogens is 328 g/mol. The summed E-state index contributed by atoms with van der Waals surface area (Å²) in [5.74, 6) is 0.791. The highest BCUT2D eigenvalue weighted by molar-refractivity contribution is 6.30. The molecule has 1 heterocycles. The fourth-order valence-corrected chi connectivity index (χ4v) is 2.96. The fraction of sp³-hybridized carbons (Fsp3) is 0.556. The fourth-order valence-electron chi connectivity index (χ4n) is 2.73. The third-order valence-electron chi connectivity index (χ3n) is 4.19. The van der Waals surface area contributed by atoms with Crippen molar-refractivity contribution in [2.45, 2.75) is 32.6 Å². The molecule has 0 atom stereocenters. The van der Waals surface area contributed by atoms with E-state index in [4.69, 9.17) is 16.3 Å². The van der Waals surface area contributed by atoms with Crippen LogP contribution in [0.4, 0.5) is 0 Å². The highest BCUT2D eigenvalue weighted by Gasteiger charge is 2.20. The van der Waals surface area contributed by atoms with Crippen LogP contribution < -0.4 is 4.74 Å². The number of ether oxygens (including phenoxy) is 1. The zero-order valence-electron chi connectivity index (χ0n) is 14.4. The van der Waals surface area contributed by atoms with E-state index < -0.39 is 0 Å². The first kappa shape index (κ1) is 18.6. The Labute approximate surface area is 148 Å². The molecule has 0 spiro atoms. The van der Waals surface area contributed by atoms with Crippen LogP contribution in [-0.4, -0.2) is 54.9 Å². The highest BCUT2D eigenvalue weighted by atomic mass is 35.5. The Balaban J connectivity index is 1.67. The molecule has 1 aromatic rings. The predicted molar refractivity (Wildman–Crippen MR) is 94.4 cm³/mol. The van der Waals surface area contributed by atoms with Crippen LogP contribution in [0, 0.1) is 6.92 Å². The minimum Gasteiger partial charge on any atom is -0.493 e. The predicted octanol–water partition coefficient (Wildman–Crippen LogP) is 2.89. The Morgan fingerprint density at radius 1 is 1.29 bits per heavy atom. The van der Waals surface area contributed by atoms with Crippen LogP contribution >= 0.6 is 11.6 Å². The van der Waals surface area contributed by atoms with Gasteiger partial charge in [0.2, 0.25) is 11.8 Å². The van der Waals surface area contributed by atoms with E-state index in [0.717, 1.165) is 37.2 Å². The summed E-state index contributed by atoms with van der Waals surface area (Å²) in [5, 5.41) is 0.680. The van der Waals surface area contributed by atoms with Crippen LogP contribution in [0.1, 0.15) is 31.2 Å². The molecule has 0 saturated carbocycles. The molecule has 0 N–H and O–H groups in total. The molecule has 0 bridgehead atoms. The van der Waals surface area contributed by atoms with Gasteiger partial charge in [0.05, 0.1) is 13.2 Å². The van der Waals surface area contributed by atoms with Gasteiger partial charge in [-0.25, -0.2) is 0 Å². The molecule has 6 heteroatoms. The Hall–Kier alpha value is -1.75. The molecule has 2 amide bonds. The zero-order valence-corrected chi connectivity index (χ0v) is 15.1. The molecule has 1 aromatic carbocycles. The van der Waals surface area contributed by atoms with Crippen LogP contribution in [-0.2, 0) is 9.59 Å². The number of nitrogens with zero attached hydrogens (tertiary/aromatic N) is 2. The van der Waals surface area contributed by atoms with Gasteiger partial charge in [0.15, 0.2) is 0 Å². The maximum atomic E-state index is 12.1. The second kappa shape index (κ2) is 8.92. The van der Waals surface area contributed by atoms with Crippen molar-refractivity contribution in [1.82, 2.24) is 9.80 Å². The summed E-state index contributed by atoms with van der Waals surface area (Å²) in [7, 11) is 1.68. The lowest BCUT2D eigenvalue weighted by Crippen LogP contribution is -2.39. The lowest BCUT2D eigenvalue weighted by atomic mass is 10.2. The minimum atomic E-state index is -0.0287. The summed E-state index contributed by atoms with van der Waals surface area (Å²) >= 11 is 5.91. The van der Waals surface area contributed by atoms with Crippen molar-refractivity contribution in [3.05, 3.63) is 28.8 Å². The van der Waals surface area contributed by atoms with Gasteiger partial charge < -0.3 is 14.5 Å². The number of halogens is 1. The lowest BCUT2D eigenvalue weighted by molar-refractivity contribution is -0.138. The third kappa shape index (κ3) is 5.41. The number of aryl methyl sites for hydroxylation is 1. The van der Waals surface area contributed by atoms with E-state index in [1.165, 1.54) is 4.90 Å². The quantitative estimate of drug-likeness (QED) is 0.709. The molecule has 0 aliphatic carbocycles. The molecule has 0 unspecified atom stereocenters. The number of amides is 2. The molecule has 1 saturated heterocycles. The van der Waals surface area contributed by atoms with Crippen molar-refractivity contribution in [3.8, 4) is 5.75 Å². The van der Waals surface area contributed by atoms with E-state index in [1.54, 1.807) is 13.1 Å². The number of benzene rings is 1. The summed E-state index contributed by atoms with van der Waals surface area (Å²) < 4.78 is 5.68. The van der Waals surface area contributed by atoms with E-state index in [-0.39, 0.29) is 18.4 Å². The second-order valence-corrected chi connectivity index (χ2v) is 6.64. The van der Waals surface area contributed by atoms with Crippen LogP contribution in [0.15, 0.2) is 18.2 Å². The molecule has 5 nitrogen and oxygen atoms in total. The van der Waals surface area contributed by atoms with E-state index in [1.807, 2.05) is 24.0 Å². The number of hydrogen-bond donors (Lipinski definition) is 0. The van der Waals surface area contributed by atoms with Crippen LogP contribution in [0.5, 0.6) is 5.75 Å². The number of rotatable bonds is 7. The number of likely N-dealkylation sites (tertiary alicyclic amines) is 1. The minimum absolute atomic E-state index is 0.0287. The van der Waals surface area contributed by atoms with Crippen molar-refractivity contribution >= 4 is 23.4 Å². The molecule has 24 heavy (non-hydrogen) atoms. The maximum Gasteiger partial charge on any atom is 0.242 e. The number of hydrogen-bond acceptors (Lipinski definition) is 3. The topological polar surface area (TPSA) is 49.9 Å². The van der Waals surface area contributed by atoms with Crippen molar-refractivity contribution in [1.29, 1.82) is 0 Å². The summed E-state index contributed by atoms with van der Waals surface area (Å²) in [4.78, 5) is 27.5. The van der Waals surface area contributed by atoms with Gasteiger partial charge in [-0.15, -0.1) is 0 Å². The Kier molecular flexibility index (Phi) is 6.91. The monoisotopic (exact) mass is 352 g/mol. The average Bonchev–Trinajstić information content (AvgIpc) is 3.07. The second-order valence-electron chi connectivity index (χ2n) is 6.20. The van der Waals surface area contributed by atoms with E-state index in [0.29, 0.717) is 24.5 Å². The molecule has 0 aromatic heterocycles. The van der Waals surface area contributed by atoms with Crippen LogP contribution in [0.3, 0.4) is 0 Å². The first-order chi connectivity index (χ1) is 11.5. The van der Waals surface area contributed by atoms with E-state index in [2.05, 4.69) is 0 Å². The van der Waals surface area contributed by atoms with Gasteiger partial charge in [-0.1, -0.05) is 11.6 Å². The van der Waals surface area contributed by atoms with E-state index >= 15 is 0 Å². The first-order valence-electron chi connectivity index (χ1n) is 8.38. The van der Waals surface area contributed by atoms with Gasteiger partial charge in [0.1, 0.15) is 5.75 Å². The summed E-state index contributed by atoms with van der Waals surface area (Å²) in [6.07, 6.45) is 3.11. The number of carbonyl (C=O) groups is 2. The molecule has 1 aliphatic heterocycles. The van der Waals surface area contributed by atoms with Crippen molar-refractivity contribution in [2.24, 2.45) is 0 Å². The number of likely N-dealkylation sites (N-methyl/N-ethyl adjacent to an activating group) is 1. The van der Waals surface area contributed by atoms with Gasteiger partial charge in [-0.3, -0.25) is 9.59 Å². The van der Waals surface area contributed by atoms with E-state index in [9.17, 15) is 9.59 Å². The van der Waals surface area contributed by atoms with Gasteiger partial charge >= 0.3 is 0 Å². The van der Waals surface area contributed by atoms with Gasteiger partial charge in [0, 0.05) is 31.6 Å². The normalized spacial score (nSPS) is 13.9. The highest BCUT2D eigenvalue weighted by Crippen LogP contribution is 2.22. The summed E-state index contributed by atoms with van der Waals surface area (Å²) in [6, 6.07) is 5.47. The average molecular weight is 353 g/mol.